The fourth-order valence-corrected chi connectivity index (χ4v) is 2.30. The highest BCUT2D eigenvalue weighted by atomic mass is 16.6. The summed E-state index contributed by atoms with van der Waals surface area (Å²) in [6, 6.07) is 8.42. The van der Waals surface area contributed by atoms with E-state index >= 15 is 0 Å². The monoisotopic (exact) mass is 268 g/mol. The van der Waals surface area contributed by atoms with Crippen LogP contribution in [0.2, 0.25) is 0 Å². The van der Waals surface area contributed by atoms with E-state index in [0.717, 1.165) is 43.0 Å². The fourth-order valence-electron chi connectivity index (χ4n) is 2.30. The van der Waals surface area contributed by atoms with Crippen molar-refractivity contribution in [3.63, 3.8) is 0 Å². The first-order chi connectivity index (χ1) is 9.87. The van der Waals surface area contributed by atoms with Crippen LogP contribution in [0.4, 0.5) is 0 Å². The number of hydrogen-bond acceptors (Lipinski definition) is 4. The third-order valence-corrected chi connectivity index (χ3v) is 3.65. The van der Waals surface area contributed by atoms with Gasteiger partial charge in [-0.3, -0.25) is 0 Å². The maximum Gasteiger partial charge on any atom is 0.159 e. The fraction of sp³-hybridized carbons (Fsp3) is 0.375. The second-order valence-electron chi connectivity index (χ2n) is 5.43. The smallest absolute Gasteiger partial charge is 0.159 e. The second kappa shape index (κ2) is 4.96. The lowest BCUT2D eigenvalue weighted by atomic mass is 10.1. The van der Waals surface area contributed by atoms with E-state index in [4.69, 9.17) is 9.47 Å². The van der Waals surface area contributed by atoms with Crippen molar-refractivity contribution in [2.24, 2.45) is 0 Å². The van der Waals surface area contributed by atoms with E-state index in [2.05, 4.69) is 34.2 Å². The molecule has 2 unspecified atom stereocenters. The van der Waals surface area contributed by atoms with E-state index in [1.165, 1.54) is 5.56 Å². The summed E-state index contributed by atoms with van der Waals surface area (Å²) >= 11 is 0. The van der Waals surface area contributed by atoms with E-state index in [-0.39, 0.29) is 0 Å². The summed E-state index contributed by atoms with van der Waals surface area (Å²) in [7, 11) is 0. The Balaban J connectivity index is 1.47. The lowest BCUT2D eigenvalue weighted by Gasteiger charge is -2.03. The van der Waals surface area contributed by atoms with Crippen LogP contribution in [0.15, 0.2) is 36.7 Å². The van der Waals surface area contributed by atoms with Gasteiger partial charge in [-0.2, -0.15) is 0 Å². The molecule has 2 saturated heterocycles. The van der Waals surface area contributed by atoms with E-state index in [9.17, 15) is 0 Å². The topological polar surface area (TPSA) is 50.8 Å². The molecule has 4 nitrogen and oxygen atoms in total. The molecule has 4 heteroatoms. The van der Waals surface area contributed by atoms with Crippen molar-refractivity contribution < 1.29 is 9.47 Å². The Labute approximate surface area is 117 Å². The molecule has 1 aromatic carbocycles. The molecule has 0 aliphatic carbocycles. The van der Waals surface area contributed by atoms with Crippen LogP contribution in [-0.4, -0.2) is 35.4 Å². The van der Waals surface area contributed by atoms with Crippen LogP contribution in [-0.2, 0) is 22.3 Å². The van der Waals surface area contributed by atoms with Gasteiger partial charge in [-0.15, -0.1) is 0 Å². The zero-order valence-corrected chi connectivity index (χ0v) is 11.2. The zero-order chi connectivity index (χ0) is 13.4. The van der Waals surface area contributed by atoms with Gasteiger partial charge in [-0.25, -0.2) is 9.97 Å². The maximum atomic E-state index is 5.24. The molecular formula is C16H16N2O2. The van der Waals surface area contributed by atoms with E-state index in [1.807, 2.05) is 12.4 Å². The molecule has 0 radical (unpaired) electrons. The third kappa shape index (κ3) is 2.86. The van der Waals surface area contributed by atoms with Gasteiger partial charge < -0.3 is 9.47 Å². The van der Waals surface area contributed by atoms with Crippen molar-refractivity contribution in [1.82, 2.24) is 9.97 Å². The molecule has 102 valence electrons. The average Bonchev–Trinajstić information content (AvgIpc) is 3.37. The Morgan fingerprint density at radius 1 is 0.850 bits per heavy atom. The summed E-state index contributed by atoms with van der Waals surface area (Å²) in [5.41, 5.74) is 3.50. The van der Waals surface area contributed by atoms with Gasteiger partial charge in [0, 0.05) is 30.8 Å². The minimum atomic E-state index is 0.383. The van der Waals surface area contributed by atoms with Gasteiger partial charge in [0.25, 0.3) is 0 Å². The Hall–Kier alpha value is -1.78. The number of epoxide rings is 2. The average molecular weight is 268 g/mol. The van der Waals surface area contributed by atoms with Gasteiger partial charge >= 0.3 is 0 Å². The highest BCUT2D eigenvalue weighted by Crippen LogP contribution is 2.20. The molecule has 2 aliphatic rings. The third-order valence-electron chi connectivity index (χ3n) is 3.65. The van der Waals surface area contributed by atoms with E-state index < -0.39 is 0 Å². The molecule has 20 heavy (non-hydrogen) atoms. The van der Waals surface area contributed by atoms with Crippen LogP contribution in [0, 0.1) is 0 Å². The minimum absolute atomic E-state index is 0.383. The summed E-state index contributed by atoms with van der Waals surface area (Å²) in [5.74, 6) is 0.777. The Bertz CT molecular complexity index is 531. The number of benzene rings is 1. The normalized spacial score (nSPS) is 23.6. The van der Waals surface area contributed by atoms with Crippen molar-refractivity contribution in [2.75, 3.05) is 13.2 Å². The summed E-state index contributed by atoms with van der Waals surface area (Å²) in [6.07, 6.45) is 6.53. The van der Waals surface area contributed by atoms with Crippen molar-refractivity contribution in [1.29, 1.82) is 0 Å². The van der Waals surface area contributed by atoms with Crippen molar-refractivity contribution in [2.45, 2.75) is 25.0 Å². The van der Waals surface area contributed by atoms with Crippen molar-refractivity contribution in [3.8, 4) is 11.4 Å². The predicted molar refractivity (Wildman–Crippen MR) is 74.4 cm³/mol. The van der Waals surface area contributed by atoms with Crippen LogP contribution in [0.5, 0.6) is 0 Å². The van der Waals surface area contributed by atoms with Gasteiger partial charge in [0.05, 0.1) is 25.4 Å². The number of ether oxygens (including phenoxy) is 2. The molecule has 0 N–H and O–H groups in total. The van der Waals surface area contributed by atoms with E-state index in [1.54, 1.807) is 0 Å². The van der Waals surface area contributed by atoms with Crippen LogP contribution >= 0.6 is 0 Å². The largest absolute Gasteiger partial charge is 0.373 e. The molecule has 0 bridgehead atoms. The summed E-state index contributed by atoms with van der Waals surface area (Å²) in [6.45, 7) is 1.77. The standard InChI is InChI=1S/C16H16N2O2/c1-3-13(4-2-11(1)5-14-9-19-14)16-17-7-12(8-18-16)6-15-10-20-15/h1-4,7-8,14-15H,5-6,9-10H2. The SMILES string of the molecule is c1cc(-c2ncc(CC3CO3)cn2)ccc1CC1CO1. The van der Waals surface area contributed by atoms with Crippen LogP contribution in [0.1, 0.15) is 11.1 Å². The zero-order valence-electron chi connectivity index (χ0n) is 11.2. The van der Waals surface area contributed by atoms with Crippen LogP contribution < -0.4 is 0 Å². The van der Waals surface area contributed by atoms with Gasteiger partial charge in [0.15, 0.2) is 5.82 Å². The van der Waals surface area contributed by atoms with Gasteiger partial charge in [-0.1, -0.05) is 24.3 Å². The number of rotatable bonds is 5. The lowest BCUT2D eigenvalue weighted by Crippen LogP contribution is -1.97. The molecular weight excluding hydrogens is 252 g/mol. The maximum absolute atomic E-state index is 5.24. The summed E-state index contributed by atoms with van der Waals surface area (Å²) in [4.78, 5) is 8.88. The molecule has 2 aliphatic heterocycles. The molecule has 4 rings (SSSR count). The highest BCUT2D eigenvalue weighted by Gasteiger charge is 2.23. The number of hydrogen-bond donors (Lipinski definition) is 0. The molecule has 0 amide bonds. The van der Waals surface area contributed by atoms with Gasteiger partial charge in [0.1, 0.15) is 0 Å². The Kier molecular flexibility index (Phi) is 2.98. The van der Waals surface area contributed by atoms with E-state index in [0.29, 0.717) is 12.2 Å². The molecule has 0 saturated carbocycles. The first-order valence-corrected chi connectivity index (χ1v) is 7.00. The molecule has 2 atom stereocenters. The Morgan fingerprint density at radius 3 is 1.95 bits per heavy atom. The molecule has 0 spiro atoms. The van der Waals surface area contributed by atoms with Crippen LogP contribution in [0.25, 0.3) is 11.4 Å². The first kappa shape index (κ1) is 12.0. The van der Waals surface area contributed by atoms with Crippen molar-refractivity contribution >= 4 is 0 Å². The quantitative estimate of drug-likeness (QED) is 0.779. The minimum Gasteiger partial charge on any atom is -0.373 e. The van der Waals surface area contributed by atoms with Crippen LogP contribution in [0.3, 0.4) is 0 Å². The predicted octanol–water partition coefficient (Wildman–Crippen LogP) is 2.03. The molecule has 2 aromatic rings. The van der Waals surface area contributed by atoms with Gasteiger partial charge in [-0.05, 0) is 11.1 Å². The van der Waals surface area contributed by atoms with Crippen molar-refractivity contribution in [3.05, 3.63) is 47.8 Å². The highest BCUT2D eigenvalue weighted by molar-refractivity contribution is 5.55. The second-order valence-corrected chi connectivity index (χ2v) is 5.43. The lowest BCUT2D eigenvalue weighted by molar-refractivity contribution is 0.407. The first-order valence-electron chi connectivity index (χ1n) is 7.00. The molecule has 2 fully saturated rings. The molecule has 3 heterocycles. The number of nitrogens with zero attached hydrogens (tertiary/aromatic N) is 2. The Morgan fingerprint density at radius 2 is 1.40 bits per heavy atom. The van der Waals surface area contributed by atoms with Gasteiger partial charge in [0.2, 0.25) is 0 Å². The summed E-state index contributed by atoms with van der Waals surface area (Å²) < 4.78 is 10.5. The number of aromatic nitrogens is 2. The summed E-state index contributed by atoms with van der Waals surface area (Å²) in [5, 5.41) is 0. The molecule has 1 aromatic heterocycles.